The van der Waals surface area contributed by atoms with Crippen molar-refractivity contribution in [3.05, 3.63) is 70.2 Å². The molecule has 0 bridgehead atoms. The first-order valence-electron chi connectivity index (χ1n) is 6.61. The molecule has 0 aliphatic heterocycles. The second-order valence-electron chi connectivity index (χ2n) is 4.87. The molecule has 2 aromatic carbocycles. The van der Waals surface area contributed by atoms with E-state index in [-0.39, 0.29) is 5.38 Å². The fraction of sp³-hybridized carbons (Fsp3) is 0.294. The van der Waals surface area contributed by atoms with Gasteiger partial charge in [0.1, 0.15) is 0 Å². The van der Waals surface area contributed by atoms with Crippen LogP contribution < -0.4 is 0 Å². The van der Waals surface area contributed by atoms with E-state index >= 15 is 0 Å². The molecule has 0 N–H and O–H groups in total. The number of benzene rings is 2. The largest absolute Gasteiger partial charge is 0.118 e. The van der Waals surface area contributed by atoms with Crippen LogP contribution in [0.1, 0.15) is 34.9 Å². The van der Waals surface area contributed by atoms with Gasteiger partial charge in [-0.2, -0.15) is 0 Å². The monoisotopic (exact) mass is 292 g/mol. The van der Waals surface area contributed by atoms with E-state index in [1.807, 2.05) is 24.3 Å². The molecule has 2 aromatic rings. The smallest absolute Gasteiger partial charge is 0.0585 e. The van der Waals surface area contributed by atoms with Crippen molar-refractivity contribution in [2.24, 2.45) is 0 Å². The van der Waals surface area contributed by atoms with Crippen LogP contribution in [0.5, 0.6) is 0 Å². The normalized spacial score (nSPS) is 12.4. The van der Waals surface area contributed by atoms with Gasteiger partial charge in [0.25, 0.3) is 0 Å². The summed E-state index contributed by atoms with van der Waals surface area (Å²) in [5, 5.41) is 0.955. The fourth-order valence-electron chi connectivity index (χ4n) is 2.16. The van der Waals surface area contributed by atoms with Gasteiger partial charge in [0.15, 0.2) is 0 Å². The molecule has 0 fully saturated rings. The molecular formula is C17H18Cl2. The van der Waals surface area contributed by atoms with Crippen LogP contribution in [0.3, 0.4) is 0 Å². The molecule has 19 heavy (non-hydrogen) atoms. The SMILES string of the molecule is Cc1ccc(CCCC(Cl)c2ccccc2)c(Cl)c1. The van der Waals surface area contributed by atoms with Crippen LogP contribution in [0.25, 0.3) is 0 Å². The Morgan fingerprint density at radius 1 is 1.05 bits per heavy atom. The van der Waals surface area contributed by atoms with Crippen molar-refractivity contribution < 1.29 is 0 Å². The maximum atomic E-state index is 6.40. The Morgan fingerprint density at radius 2 is 1.79 bits per heavy atom. The van der Waals surface area contributed by atoms with Gasteiger partial charge >= 0.3 is 0 Å². The first-order chi connectivity index (χ1) is 9.16. The third-order valence-corrected chi connectivity index (χ3v) is 4.10. The minimum atomic E-state index is 0.0884. The highest BCUT2D eigenvalue weighted by Crippen LogP contribution is 2.27. The molecule has 0 nitrogen and oxygen atoms in total. The molecule has 2 heteroatoms. The Hall–Kier alpha value is -0.980. The fourth-order valence-corrected chi connectivity index (χ4v) is 2.78. The van der Waals surface area contributed by atoms with Crippen molar-refractivity contribution in [2.75, 3.05) is 0 Å². The first-order valence-corrected chi connectivity index (χ1v) is 7.42. The molecule has 0 aromatic heterocycles. The second kappa shape index (κ2) is 6.98. The lowest BCUT2D eigenvalue weighted by molar-refractivity contribution is 0.716. The van der Waals surface area contributed by atoms with E-state index in [9.17, 15) is 0 Å². The van der Waals surface area contributed by atoms with Crippen molar-refractivity contribution in [3.8, 4) is 0 Å². The average Bonchev–Trinajstić information content (AvgIpc) is 2.42. The van der Waals surface area contributed by atoms with Crippen molar-refractivity contribution in [3.63, 3.8) is 0 Å². The van der Waals surface area contributed by atoms with Crippen LogP contribution >= 0.6 is 23.2 Å². The number of hydrogen-bond donors (Lipinski definition) is 0. The molecule has 0 heterocycles. The van der Waals surface area contributed by atoms with Gasteiger partial charge in [0, 0.05) is 5.02 Å². The Kier molecular flexibility index (Phi) is 5.30. The highest BCUT2D eigenvalue weighted by atomic mass is 35.5. The summed E-state index contributed by atoms with van der Waals surface area (Å²) in [6.45, 7) is 2.06. The molecule has 0 aliphatic rings. The Labute approximate surface area is 125 Å². The van der Waals surface area contributed by atoms with Gasteiger partial charge in [-0.3, -0.25) is 0 Å². The molecule has 0 saturated heterocycles. The number of rotatable bonds is 5. The van der Waals surface area contributed by atoms with E-state index in [1.165, 1.54) is 16.7 Å². The number of hydrogen-bond acceptors (Lipinski definition) is 0. The maximum Gasteiger partial charge on any atom is 0.0585 e. The zero-order chi connectivity index (χ0) is 13.7. The van der Waals surface area contributed by atoms with Gasteiger partial charge in [-0.1, -0.05) is 54.1 Å². The van der Waals surface area contributed by atoms with Crippen LogP contribution in [-0.4, -0.2) is 0 Å². The minimum absolute atomic E-state index is 0.0884. The zero-order valence-electron chi connectivity index (χ0n) is 11.1. The minimum Gasteiger partial charge on any atom is -0.118 e. The molecule has 1 unspecified atom stereocenters. The predicted octanol–water partition coefficient (Wildman–Crippen LogP) is 5.95. The van der Waals surface area contributed by atoms with Gasteiger partial charge in [-0.05, 0) is 48.9 Å². The standard InChI is InChI=1S/C17H18Cl2/c1-13-10-11-15(17(19)12-13)8-5-9-16(18)14-6-3-2-4-7-14/h2-4,6-7,10-12,16H,5,8-9H2,1H3. The number of halogens is 2. The van der Waals surface area contributed by atoms with Gasteiger partial charge < -0.3 is 0 Å². The summed E-state index contributed by atoms with van der Waals surface area (Å²) in [6, 6.07) is 16.5. The topological polar surface area (TPSA) is 0 Å². The molecule has 1 atom stereocenters. The van der Waals surface area contributed by atoms with Crippen molar-refractivity contribution >= 4 is 23.2 Å². The summed E-state index contributed by atoms with van der Waals surface area (Å²) in [5.74, 6) is 0. The van der Waals surface area contributed by atoms with Gasteiger partial charge in [-0.15, -0.1) is 11.6 Å². The molecule has 100 valence electrons. The summed E-state index contributed by atoms with van der Waals surface area (Å²) < 4.78 is 0. The highest BCUT2D eigenvalue weighted by Gasteiger charge is 2.08. The van der Waals surface area contributed by atoms with E-state index in [2.05, 4.69) is 31.2 Å². The zero-order valence-corrected chi connectivity index (χ0v) is 12.6. The summed E-state index contributed by atoms with van der Waals surface area (Å²) in [5.41, 5.74) is 3.61. The lowest BCUT2D eigenvalue weighted by Crippen LogP contribution is -1.93. The third-order valence-electron chi connectivity index (χ3n) is 3.27. The van der Waals surface area contributed by atoms with Crippen LogP contribution in [-0.2, 0) is 6.42 Å². The summed E-state index contributed by atoms with van der Waals surface area (Å²) >= 11 is 12.6. The molecule has 0 aliphatic carbocycles. The molecule has 0 saturated carbocycles. The third kappa shape index (κ3) is 4.26. The lowest BCUT2D eigenvalue weighted by Gasteiger charge is -2.10. The molecule has 0 radical (unpaired) electrons. The van der Waals surface area contributed by atoms with Crippen molar-refractivity contribution in [1.29, 1.82) is 0 Å². The Balaban J connectivity index is 1.86. The Morgan fingerprint density at radius 3 is 2.47 bits per heavy atom. The number of aryl methyl sites for hydroxylation is 2. The van der Waals surface area contributed by atoms with E-state index in [0.717, 1.165) is 24.3 Å². The van der Waals surface area contributed by atoms with Crippen LogP contribution in [0.2, 0.25) is 5.02 Å². The van der Waals surface area contributed by atoms with Crippen molar-refractivity contribution in [1.82, 2.24) is 0 Å². The lowest BCUT2D eigenvalue weighted by atomic mass is 10.0. The van der Waals surface area contributed by atoms with Gasteiger partial charge in [0.05, 0.1) is 5.38 Å². The van der Waals surface area contributed by atoms with Crippen LogP contribution in [0.15, 0.2) is 48.5 Å². The highest BCUT2D eigenvalue weighted by molar-refractivity contribution is 6.31. The second-order valence-corrected chi connectivity index (χ2v) is 5.80. The summed E-state index contributed by atoms with van der Waals surface area (Å²) in [6.07, 6.45) is 3.00. The van der Waals surface area contributed by atoms with Gasteiger partial charge in [-0.25, -0.2) is 0 Å². The quantitative estimate of drug-likeness (QED) is 0.597. The molecule has 0 spiro atoms. The summed E-state index contributed by atoms with van der Waals surface area (Å²) in [7, 11) is 0. The van der Waals surface area contributed by atoms with Crippen LogP contribution in [0.4, 0.5) is 0 Å². The van der Waals surface area contributed by atoms with Crippen LogP contribution in [0, 0.1) is 6.92 Å². The molecular weight excluding hydrogens is 275 g/mol. The first kappa shape index (κ1) is 14.4. The van der Waals surface area contributed by atoms with E-state index in [0.29, 0.717) is 0 Å². The van der Waals surface area contributed by atoms with Gasteiger partial charge in [0.2, 0.25) is 0 Å². The molecule has 2 rings (SSSR count). The average molecular weight is 293 g/mol. The van der Waals surface area contributed by atoms with E-state index in [1.54, 1.807) is 0 Å². The maximum absolute atomic E-state index is 6.40. The predicted molar refractivity (Wildman–Crippen MR) is 84.2 cm³/mol. The summed E-state index contributed by atoms with van der Waals surface area (Å²) in [4.78, 5) is 0. The number of alkyl halides is 1. The van der Waals surface area contributed by atoms with E-state index < -0.39 is 0 Å². The van der Waals surface area contributed by atoms with Crippen molar-refractivity contribution in [2.45, 2.75) is 31.6 Å². The van der Waals surface area contributed by atoms with E-state index in [4.69, 9.17) is 23.2 Å². The molecule has 0 amide bonds. The Bertz CT molecular complexity index is 520.